The number of carbonyl (C=O) groups is 1. The van der Waals surface area contributed by atoms with Crippen LogP contribution >= 0.6 is 0 Å². The predicted molar refractivity (Wildman–Crippen MR) is 137 cm³/mol. The number of esters is 1. The Hall–Kier alpha value is -0.966. The Bertz CT molecular complexity index is 625. The van der Waals surface area contributed by atoms with E-state index in [0.717, 1.165) is 44.2 Å². The zero-order chi connectivity index (χ0) is 24.4. The molecule has 32 heavy (non-hydrogen) atoms. The second-order valence-electron chi connectivity index (χ2n) is 10.8. The van der Waals surface area contributed by atoms with Crippen molar-refractivity contribution in [2.24, 2.45) is 17.0 Å². The van der Waals surface area contributed by atoms with E-state index in [1.807, 2.05) is 6.92 Å². The zero-order valence-corrected chi connectivity index (χ0v) is 23.9. The standard InChI is InChI=1S/C24H47NO5Si2/c1-19(25-28-3)16-17-21-20(14-12-10-11-13-15-24(26)27-2)22(29-31(4,5)6)18-23(21)30-32(7,8)9/h10,12,20-23H,11,13-18H2,1-9H3/b12-10+,25-19-/t20-,21-,22+,23-/m1/s1. The van der Waals surface area contributed by atoms with E-state index in [4.69, 9.17) is 18.4 Å². The molecule has 0 spiro atoms. The number of oxime groups is 1. The Balaban J connectivity index is 2.95. The van der Waals surface area contributed by atoms with Crippen LogP contribution in [0.3, 0.4) is 0 Å². The van der Waals surface area contributed by atoms with E-state index in [-0.39, 0.29) is 18.2 Å². The van der Waals surface area contributed by atoms with Gasteiger partial charge in [-0.2, -0.15) is 0 Å². The molecule has 0 unspecified atom stereocenters. The molecule has 0 radical (unpaired) electrons. The minimum atomic E-state index is -1.68. The summed E-state index contributed by atoms with van der Waals surface area (Å²) in [6, 6.07) is 0. The van der Waals surface area contributed by atoms with Gasteiger partial charge in [-0.05, 0) is 96.6 Å². The largest absolute Gasteiger partial charge is 0.469 e. The number of nitrogens with zero attached hydrogens (tertiary/aromatic N) is 1. The number of carbonyl (C=O) groups excluding carboxylic acids is 1. The first kappa shape index (κ1) is 29.1. The number of allylic oxidation sites excluding steroid dienone is 2. The minimum absolute atomic E-state index is 0.141. The third-order valence-electron chi connectivity index (χ3n) is 5.62. The summed E-state index contributed by atoms with van der Waals surface area (Å²) >= 11 is 0. The van der Waals surface area contributed by atoms with Crippen LogP contribution in [0.15, 0.2) is 17.3 Å². The molecule has 0 aromatic rings. The highest BCUT2D eigenvalue weighted by atomic mass is 28.4. The van der Waals surface area contributed by atoms with Gasteiger partial charge in [0.1, 0.15) is 7.11 Å². The lowest BCUT2D eigenvalue weighted by molar-refractivity contribution is -0.140. The van der Waals surface area contributed by atoms with Gasteiger partial charge in [-0.1, -0.05) is 17.3 Å². The van der Waals surface area contributed by atoms with Crippen molar-refractivity contribution in [3.63, 3.8) is 0 Å². The smallest absolute Gasteiger partial charge is 0.305 e. The summed E-state index contributed by atoms with van der Waals surface area (Å²) < 4.78 is 18.1. The van der Waals surface area contributed by atoms with Crippen LogP contribution in [0.1, 0.15) is 51.9 Å². The average Bonchev–Trinajstić information content (AvgIpc) is 2.95. The summed E-state index contributed by atoms with van der Waals surface area (Å²) in [5.74, 6) is 0.720. The number of methoxy groups -OCH3 is 1. The summed E-state index contributed by atoms with van der Waals surface area (Å²) in [4.78, 5) is 16.3. The molecule has 0 aliphatic heterocycles. The monoisotopic (exact) mass is 485 g/mol. The lowest BCUT2D eigenvalue weighted by atomic mass is 9.86. The Kier molecular flexibility index (Phi) is 12.4. The maximum atomic E-state index is 11.3. The van der Waals surface area contributed by atoms with Crippen LogP contribution in [0.2, 0.25) is 39.3 Å². The van der Waals surface area contributed by atoms with Crippen LogP contribution in [0.5, 0.6) is 0 Å². The molecule has 0 saturated heterocycles. The summed E-state index contributed by atoms with van der Waals surface area (Å²) in [6.45, 7) is 15.6. The van der Waals surface area contributed by atoms with Crippen LogP contribution in [0, 0.1) is 11.8 Å². The molecule has 4 atom stereocenters. The fraction of sp³-hybridized carbons (Fsp3) is 0.833. The van der Waals surface area contributed by atoms with Crippen molar-refractivity contribution in [2.75, 3.05) is 14.2 Å². The molecule has 1 aliphatic carbocycles. The maximum Gasteiger partial charge on any atom is 0.305 e. The molecule has 6 nitrogen and oxygen atoms in total. The summed E-state index contributed by atoms with van der Waals surface area (Å²) in [5.41, 5.74) is 1.02. The first-order valence-electron chi connectivity index (χ1n) is 12.0. The number of hydrogen-bond acceptors (Lipinski definition) is 6. The van der Waals surface area contributed by atoms with Crippen molar-refractivity contribution in [3.05, 3.63) is 12.2 Å². The number of ether oxygens (including phenoxy) is 1. The van der Waals surface area contributed by atoms with E-state index in [2.05, 4.69) is 56.6 Å². The highest BCUT2D eigenvalue weighted by Crippen LogP contribution is 2.43. The molecule has 1 aliphatic rings. The first-order valence-corrected chi connectivity index (χ1v) is 18.8. The van der Waals surface area contributed by atoms with E-state index in [9.17, 15) is 4.79 Å². The molecule has 1 rings (SSSR count). The lowest BCUT2D eigenvalue weighted by Crippen LogP contribution is -2.35. The van der Waals surface area contributed by atoms with Crippen molar-refractivity contribution >= 4 is 28.3 Å². The molecule has 0 amide bonds. The molecule has 186 valence electrons. The van der Waals surface area contributed by atoms with Gasteiger partial charge in [0, 0.05) is 6.42 Å². The zero-order valence-electron chi connectivity index (χ0n) is 21.9. The maximum absolute atomic E-state index is 11.3. The fourth-order valence-corrected chi connectivity index (χ4v) is 6.81. The normalized spacial score (nSPS) is 24.8. The average molecular weight is 486 g/mol. The molecule has 8 heteroatoms. The molecule has 0 aromatic heterocycles. The summed E-state index contributed by atoms with van der Waals surface area (Å²) in [7, 11) is -0.319. The van der Waals surface area contributed by atoms with Crippen molar-refractivity contribution < 1.29 is 23.2 Å². The van der Waals surface area contributed by atoms with E-state index < -0.39 is 16.6 Å². The van der Waals surface area contributed by atoms with Gasteiger partial charge in [-0.3, -0.25) is 4.79 Å². The van der Waals surface area contributed by atoms with Gasteiger partial charge in [0.2, 0.25) is 0 Å². The first-order chi connectivity index (χ1) is 14.9. The van der Waals surface area contributed by atoms with Crippen molar-refractivity contribution in [1.29, 1.82) is 0 Å². The van der Waals surface area contributed by atoms with Gasteiger partial charge in [0.15, 0.2) is 16.6 Å². The van der Waals surface area contributed by atoms with Gasteiger partial charge < -0.3 is 18.4 Å². The van der Waals surface area contributed by atoms with Gasteiger partial charge in [-0.15, -0.1) is 0 Å². The third-order valence-corrected chi connectivity index (χ3v) is 7.64. The van der Waals surface area contributed by atoms with Crippen LogP contribution in [0.25, 0.3) is 0 Å². The van der Waals surface area contributed by atoms with Crippen molar-refractivity contribution in [3.8, 4) is 0 Å². The van der Waals surface area contributed by atoms with Crippen LogP contribution in [-0.2, 0) is 23.2 Å². The van der Waals surface area contributed by atoms with Crippen LogP contribution in [-0.4, -0.2) is 54.7 Å². The number of hydrogen-bond donors (Lipinski definition) is 0. The second-order valence-corrected chi connectivity index (χ2v) is 19.7. The van der Waals surface area contributed by atoms with Crippen molar-refractivity contribution in [1.82, 2.24) is 0 Å². The van der Waals surface area contributed by atoms with Gasteiger partial charge in [-0.25, -0.2) is 0 Å². The quantitative estimate of drug-likeness (QED) is 0.0736. The van der Waals surface area contributed by atoms with Crippen LogP contribution < -0.4 is 0 Å². The molecule has 0 heterocycles. The van der Waals surface area contributed by atoms with E-state index >= 15 is 0 Å². The molecule has 1 saturated carbocycles. The van der Waals surface area contributed by atoms with E-state index in [0.29, 0.717) is 18.3 Å². The van der Waals surface area contributed by atoms with Gasteiger partial charge in [0.25, 0.3) is 0 Å². The second kappa shape index (κ2) is 13.7. The lowest BCUT2D eigenvalue weighted by Gasteiger charge is -2.31. The summed E-state index contributed by atoms with van der Waals surface area (Å²) in [5, 5.41) is 4.11. The molecule has 0 bridgehead atoms. The Morgan fingerprint density at radius 3 is 2.06 bits per heavy atom. The predicted octanol–water partition coefficient (Wildman–Crippen LogP) is 6.15. The summed E-state index contributed by atoms with van der Waals surface area (Å²) in [6.07, 6.45) is 11.0. The van der Waals surface area contributed by atoms with Crippen LogP contribution in [0.4, 0.5) is 0 Å². The Labute approximate surface area is 198 Å². The van der Waals surface area contributed by atoms with Gasteiger partial charge >= 0.3 is 5.97 Å². The van der Waals surface area contributed by atoms with E-state index in [1.54, 1.807) is 7.11 Å². The molecular weight excluding hydrogens is 438 g/mol. The molecular formula is C24H47NO5Si2. The Morgan fingerprint density at radius 1 is 0.938 bits per heavy atom. The molecule has 0 N–H and O–H groups in total. The van der Waals surface area contributed by atoms with E-state index in [1.165, 1.54) is 7.11 Å². The fourth-order valence-electron chi connectivity index (χ4n) is 4.45. The minimum Gasteiger partial charge on any atom is -0.469 e. The molecule has 1 fully saturated rings. The SMILES string of the molecule is CO/N=C(/C)CC[C@@H]1[C@@H](C/C=C/CCCC(=O)OC)[C@@H](O[Si](C)(C)C)C[C@H]1O[Si](C)(C)C. The highest BCUT2D eigenvalue weighted by Gasteiger charge is 2.46. The Morgan fingerprint density at radius 2 is 1.53 bits per heavy atom. The molecule has 0 aromatic carbocycles. The number of rotatable bonds is 14. The topological polar surface area (TPSA) is 66.4 Å². The third kappa shape index (κ3) is 11.8. The van der Waals surface area contributed by atoms with Gasteiger partial charge in [0.05, 0.1) is 25.0 Å². The van der Waals surface area contributed by atoms with Crippen molar-refractivity contribution in [2.45, 2.75) is 103 Å². The highest BCUT2D eigenvalue weighted by molar-refractivity contribution is 6.70. The number of unbranched alkanes of at least 4 members (excludes halogenated alkanes) is 1.